The normalized spacial score (nSPS) is 12.2. The third kappa shape index (κ3) is 5.30. The highest BCUT2D eigenvalue weighted by atomic mass is 32.2. The van der Waals surface area contributed by atoms with Crippen LogP contribution in [0.5, 0.6) is 0 Å². The van der Waals surface area contributed by atoms with Gasteiger partial charge in [-0.25, -0.2) is 0 Å². The van der Waals surface area contributed by atoms with E-state index in [1.165, 1.54) is 23.9 Å². The fourth-order valence-corrected chi connectivity index (χ4v) is 1.98. The number of rotatable bonds is 6. The maximum Gasteiger partial charge on any atom is 0.269 e. The lowest BCUT2D eigenvalue weighted by Gasteiger charge is -2.17. The molecular weight excluding hydrogens is 264 g/mol. The Morgan fingerprint density at radius 1 is 1.32 bits per heavy atom. The molecule has 1 atom stereocenters. The molecule has 6 heteroatoms. The maximum absolute atomic E-state index is 11.7. The molecule has 0 unspecified atom stereocenters. The van der Waals surface area contributed by atoms with Crippen molar-refractivity contribution < 1.29 is 9.72 Å². The Labute approximate surface area is 116 Å². The van der Waals surface area contributed by atoms with Gasteiger partial charge in [-0.05, 0) is 25.0 Å². The van der Waals surface area contributed by atoms with Gasteiger partial charge in [-0.1, -0.05) is 13.8 Å². The Morgan fingerprint density at radius 2 is 1.89 bits per heavy atom. The molecule has 0 saturated carbocycles. The van der Waals surface area contributed by atoms with Crippen LogP contribution >= 0.6 is 11.8 Å². The zero-order valence-corrected chi connectivity index (χ0v) is 12.1. The van der Waals surface area contributed by atoms with Gasteiger partial charge in [0.15, 0.2) is 0 Å². The Balaban J connectivity index is 2.44. The largest absolute Gasteiger partial charge is 0.353 e. The average molecular weight is 282 g/mol. The van der Waals surface area contributed by atoms with Crippen LogP contribution in [0.15, 0.2) is 29.2 Å². The average Bonchev–Trinajstić information content (AvgIpc) is 2.36. The Morgan fingerprint density at radius 3 is 2.37 bits per heavy atom. The van der Waals surface area contributed by atoms with Gasteiger partial charge in [0.05, 0.1) is 10.7 Å². The third-order valence-corrected chi connectivity index (χ3v) is 3.82. The van der Waals surface area contributed by atoms with Crippen LogP contribution in [0.25, 0.3) is 0 Å². The van der Waals surface area contributed by atoms with Gasteiger partial charge in [0.1, 0.15) is 0 Å². The number of thioether (sulfide) groups is 1. The summed E-state index contributed by atoms with van der Waals surface area (Å²) in [6.45, 7) is 6.07. The zero-order valence-electron chi connectivity index (χ0n) is 11.3. The molecule has 0 saturated heterocycles. The zero-order chi connectivity index (χ0) is 14.4. The molecule has 1 rings (SSSR count). The lowest BCUT2D eigenvalue weighted by atomic mass is 10.1. The molecule has 19 heavy (non-hydrogen) atoms. The van der Waals surface area contributed by atoms with Crippen LogP contribution in [-0.4, -0.2) is 22.6 Å². The topological polar surface area (TPSA) is 72.2 Å². The molecule has 104 valence electrons. The van der Waals surface area contributed by atoms with Gasteiger partial charge in [0.25, 0.3) is 5.69 Å². The summed E-state index contributed by atoms with van der Waals surface area (Å²) in [5.74, 6) is 0.687. The molecule has 1 amide bonds. The van der Waals surface area contributed by atoms with Crippen molar-refractivity contribution in [3.63, 3.8) is 0 Å². The second-order valence-electron chi connectivity index (χ2n) is 4.64. The highest BCUT2D eigenvalue weighted by molar-refractivity contribution is 8.00. The summed E-state index contributed by atoms with van der Waals surface area (Å²) in [6, 6.07) is 6.34. The van der Waals surface area contributed by atoms with Crippen LogP contribution in [0.1, 0.15) is 20.8 Å². The molecule has 5 nitrogen and oxygen atoms in total. The van der Waals surface area contributed by atoms with E-state index in [2.05, 4.69) is 19.2 Å². The molecule has 0 aliphatic heterocycles. The third-order valence-electron chi connectivity index (χ3n) is 2.81. The molecule has 1 aromatic carbocycles. The molecule has 0 aliphatic carbocycles. The smallest absolute Gasteiger partial charge is 0.269 e. The number of nitro groups is 1. The van der Waals surface area contributed by atoms with Crippen LogP contribution in [0, 0.1) is 16.0 Å². The van der Waals surface area contributed by atoms with Gasteiger partial charge in [-0.3, -0.25) is 14.9 Å². The predicted molar refractivity (Wildman–Crippen MR) is 76.3 cm³/mol. The van der Waals surface area contributed by atoms with Crippen molar-refractivity contribution in [2.45, 2.75) is 31.7 Å². The van der Waals surface area contributed by atoms with Crippen molar-refractivity contribution in [3.8, 4) is 0 Å². The first-order valence-electron chi connectivity index (χ1n) is 6.06. The lowest BCUT2D eigenvalue weighted by molar-refractivity contribution is -0.384. The van der Waals surface area contributed by atoms with E-state index in [1.807, 2.05) is 6.92 Å². The molecule has 0 heterocycles. The van der Waals surface area contributed by atoms with Crippen LogP contribution < -0.4 is 5.32 Å². The van der Waals surface area contributed by atoms with Gasteiger partial charge in [0.2, 0.25) is 5.91 Å². The monoisotopic (exact) mass is 282 g/mol. The second-order valence-corrected chi connectivity index (χ2v) is 5.69. The number of hydrogen-bond donors (Lipinski definition) is 1. The summed E-state index contributed by atoms with van der Waals surface area (Å²) < 4.78 is 0. The van der Waals surface area contributed by atoms with Crippen molar-refractivity contribution in [1.82, 2.24) is 5.32 Å². The molecule has 0 fully saturated rings. The summed E-state index contributed by atoms with van der Waals surface area (Å²) in [6.07, 6.45) is 0. The van der Waals surface area contributed by atoms with Gasteiger partial charge in [-0.2, -0.15) is 0 Å². The lowest BCUT2D eigenvalue weighted by Crippen LogP contribution is -2.37. The molecule has 0 bridgehead atoms. The number of nitrogens with one attached hydrogen (secondary N) is 1. The molecular formula is C13H18N2O3S. The fraction of sp³-hybridized carbons (Fsp3) is 0.462. The minimum atomic E-state index is -0.439. The van der Waals surface area contributed by atoms with E-state index in [0.717, 1.165) is 4.90 Å². The van der Waals surface area contributed by atoms with Gasteiger partial charge in [0, 0.05) is 23.1 Å². The second kappa shape index (κ2) is 7.13. The van der Waals surface area contributed by atoms with Crippen molar-refractivity contribution in [3.05, 3.63) is 34.4 Å². The van der Waals surface area contributed by atoms with Crippen LogP contribution in [0.4, 0.5) is 5.69 Å². The Hall–Kier alpha value is -1.56. The van der Waals surface area contributed by atoms with Gasteiger partial charge >= 0.3 is 0 Å². The first-order chi connectivity index (χ1) is 8.90. The number of carbonyl (C=O) groups excluding carboxylic acids is 1. The van der Waals surface area contributed by atoms with Crippen LogP contribution in [0.2, 0.25) is 0 Å². The Kier molecular flexibility index (Phi) is 5.82. The van der Waals surface area contributed by atoms with E-state index in [1.54, 1.807) is 12.1 Å². The van der Waals surface area contributed by atoms with Crippen molar-refractivity contribution in [2.75, 3.05) is 5.75 Å². The fourth-order valence-electron chi connectivity index (χ4n) is 1.28. The number of non-ortho nitro benzene ring substituents is 1. The minimum Gasteiger partial charge on any atom is -0.353 e. The summed E-state index contributed by atoms with van der Waals surface area (Å²) >= 11 is 1.37. The number of nitrogens with zero attached hydrogens (tertiary/aromatic N) is 1. The molecule has 0 spiro atoms. The summed E-state index contributed by atoms with van der Waals surface area (Å²) in [4.78, 5) is 22.6. The summed E-state index contributed by atoms with van der Waals surface area (Å²) in [7, 11) is 0. The first-order valence-corrected chi connectivity index (χ1v) is 7.05. The Bertz CT molecular complexity index is 446. The van der Waals surface area contributed by atoms with E-state index < -0.39 is 4.92 Å². The van der Waals surface area contributed by atoms with Crippen LogP contribution in [0.3, 0.4) is 0 Å². The number of benzene rings is 1. The number of amides is 1. The predicted octanol–water partition coefficient (Wildman–Crippen LogP) is 2.85. The molecule has 0 radical (unpaired) electrons. The van der Waals surface area contributed by atoms with E-state index in [-0.39, 0.29) is 17.6 Å². The molecule has 0 aromatic heterocycles. The van der Waals surface area contributed by atoms with Gasteiger partial charge in [-0.15, -0.1) is 11.8 Å². The van der Waals surface area contributed by atoms with Gasteiger partial charge < -0.3 is 5.32 Å². The van der Waals surface area contributed by atoms with Crippen LogP contribution in [-0.2, 0) is 4.79 Å². The van der Waals surface area contributed by atoms with E-state index in [4.69, 9.17) is 0 Å². The summed E-state index contributed by atoms with van der Waals surface area (Å²) in [5, 5.41) is 13.4. The van der Waals surface area contributed by atoms with E-state index in [9.17, 15) is 14.9 Å². The number of hydrogen-bond acceptors (Lipinski definition) is 4. The van der Waals surface area contributed by atoms with Crippen molar-refractivity contribution >= 4 is 23.4 Å². The first kappa shape index (κ1) is 15.5. The number of nitro benzene ring substituents is 1. The van der Waals surface area contributed by atoms with E-state index in [0.29, 0.717) is 11.7 Å². The summed E-state index contributed by atoms with van der Waals surface area (Å²) in [5.41, 5.74) is 0.0576. The van der Waals surface area contributed by atoms with Crippen molar-refractivity contribution in [1.29, 1.82) is 0 Å². The highest BCUT2D eigenvalue weighted by Gasteiger charge is 2.11. The molecule has 0 aliphatic rings. The quantitative estimate of drug-likeness (QED) is 0.494. The highest BCUT2D eigenvalue weighted by Crippen LogP contribution is 2.21. The number of carbonyl (C=O) groups is 1. The maximum atomic E-state index is 11.7. The standard InChI is InChI=1S/C13H18N2O3S/c1-9(2)10(3)14-13(16)8-19-12-6-4-11(5-7-12)15(17)18/h4-7,9-10H,8H2,1-3H3,(H,14,16)/t10-/m0/s1. The van der Waals surface area contributed by atoms with Crippen molar-refractivity contribution in [2.24, 2.45) is 5.92 Å². The molecule has 1 aromatic rings. The van der Waals surface area contributed by atoms with E-state index >= 15 is 0 Å². The molecule has 1 N–H and O–H groups in total. The SMILES string of the molecule is CC(C)[C@H](C)NC(=O)CSc1ccc([N+](=O)[O-])cc1. The minimum absolute atomic E-state index is 0.0236.